The molecule has 0 aliphatic rings. The third kappa shape index (κ3) is 14.4. The molecule has 0 bridgehead atoms. The maximum Gasteiger partial charge on any atom is 0.242 e. The van der Waals surface area contributed by atoms with Crippen LogP contribution in [0.25, 0.3) is 17.0 Å². The van der Waals surface area contributed by atoms with Crippen LogP contribution in [0.4, 0.5) is 0 Å². The largest absolute Gasteiger partial charge is 0.497 e. The molecule has 0 radical (unpaired) electrons. The Morgan fingerprint density at radius 3 is 1.98 bits per heavy atom. The topological polar surface area (TPSA) is 98.0 Å². The molecule has 3 aromatic rings. The first-order valence-corrected chi connectivity index (χ1v) is 16.6. The van der Waals surface area contributed by atoms with Crippen LogP contribution in [0.2, 0.25) is 0 Å². The van der Waals surface area contributed by atoms with Gasteiger partial charge in [-0.25, -0.2) is 0 Å². The molecule has 8 heteroatoms. The number of nitrogens with zero attached hydrogens (tertiary/aromatic N) is 3. The minimum atomic E-state index is -0.0932. The van der Waals surface area contributed by atoms with E-state index in [1.54, 1.807) is 13.3 Å². The highest BCUT2D eigenvalue weighted by Crippen LogP contribution is 2.28. The fourth-order valence-electron chi connectivity index (χ4n) is 4.43. The molecule has 0 fully saturated rings. The van der Waals surface area contributed by atoms with E-state index in [-0.39, 0.29) is 18.2 Å². The zero-order valence-electron chi connectivity index (χ0n) is 29.8. The number of aldehydes is 1. The second kappa shape index (κ2) is 24.2. The molecule has 0 aliphatic carbocycles. The maximum atomic E-state index is 13.6. The van der Waals surface area contributed by atoms with Crippen LogP contribution in [-0.2, 0) is 16.1 Å². The van der Waals surface area contributed by atoms with Gasteiger partial charge in [-0.15, -0.1) is 0 Å². The number of benzene rings is 2. The summed E-state index contributed by atoms with van der Waals surface area (Å²) < 4.78 is 7.34. The Labute approximate surface area is 277 Å². The number of aromatic nitrogens is 1. The van der Waals surface area contributed by atoms with Crippen LogP contribution in [-0.4, -0.2) is 54.7 Å². The summed E-state index contributed by atoms with van der Waals surface area (Å²) in [5.41, 5.74) is 2.91. The third-order valence-electron chi connectivity index (χ3n) is 6.88. The van der Waals surface area contributed by atoms with Gasteiger partial charge in [0.15, 0.2) is 5.78 Å². The lowest BCUT2D eigenvalue weighted by Gasteiger charge is -2.25. The number of methoxy groups -OCH3 is 1. The van der Waals surface area contributed by atoms with Crippen molar-refractivity contribution in [2.24, 2.45) is 17.0 Å². The Bertz CT molecular complexity index is 1330. The minimum absolute atomic E-state index is 0.0562. The van der Waals surface area contributed by atoms with E-state index in [1.807, 2.05) is 91.8 Å². The summed E-state index contributed by atoms with van der Waals surface area (Å²) in [7, 11) is 2.81. The predicted octanol–water partition coefficient (Wildman–Crippen LogP) is 9.23. The Morgan fingerprint density at radius 2 is 1.48 bits per heavy atom. The highest BCUT2D eigenvalue weighted by Gasteiger charge is 2.21. The molecule has 1 aromatic heterocycles. The van der Waals surface area contributed by atoms with Gasteiger partial charge < -0.3 is 19.0 Å². The van der Waals surface area contributed by atoms with E-state index >= 15 is 0 Å². The van der Waals surface area contributed by atoms with Crippen molar-refractivity contribution >= 4 is 35.0 Å². The quantitative estimate of drug-likeness (QED) is 0.0718. The van der Waals surface area contributed by atoms with Crippen LogP contribution in [0.3, 0.4) is 0 Å². The average molecular weight is 636 g/mol. The number of nitroso groups, excluding NO2 is 1. The standard InChI is InChI=1S/C33H42N2O4.2C2H6.CH3NO/c1-24(2)16-18-34(19-17-25(3)4)32(37)23-35-22-30(29-15-14-28(39-5)21-31(29)35)33(38)27-12-10-26(11-13-27)9-7-6-8-20-36;2*1-2;1-2-3/h7,9-15,20-22,24-25H,6,8,16-19,23H2,1-5H3;2*1-2H3;1H3/b9-7+;;;. The molecule has 8 nitrogen and oxygen atoms in total. The summed E-state index contributed by atoms with van der Waals surface area (Å²) in [5, 5.41) is 3.04. The zero-order chi connectivity index (χ0) is 35.1. The average Bonchev–Trinajstić information content (AvgIpc) is 3.42. The summed E-state index contributed by atoms with van der Waals surface area (Å²) >= 11 is 0. The number of ketones is 1. The molecule has 1 heterocycles. The van der Waals surface area contributed by atoms with E-state index in [9.17, 15) is 14.4 Å². The number of hydrogen-bond acceptors (Lipinski definition) is 6. The highest BCUT2D eigenvalue weighted by atomic mass is 16.5. The zero-order valence-corrected chi connectivity index (χ0v) is 29.8. The van der Waals surface area contributed by atoms with Crippen LogP contribution in [0.15, 0.2) is 59.9 Å². The second-order valence-electron chi connectivity index (χ2n) is 11.1. The normalized spacial score (nSPS) is 10.3. The smallest absolute Gasteiger partial charge is 0.242 e. The molecule has 2 aromatic carbocycles. The van der Waals surface area contributed by atoms with E-state index in [0.717, 1.165) is 48.7 Å². The van der Waals surface area contributed by atoms with Crippen LogP contribution in [0, 0.1) is 16.7 Å². The highest BCUT2D eigenvalue weighted by molar-refractivity contribution is 6.16. The lowest BCUT2D eigenvalue weighted by molar-refractivity contribution is -0.132. The van der Waals surface area contributed by atoms with Crippen molar-refractivity contribution in [3.8, 4) is 5.75 Å². The van der Waals surface area contributed by atoms with E-state index in [2.05, 4.69) is 32.9 Å². The maximum absolute atomic E-state index is 13.6. The molecule has 0 atom stereocenters. The van der Waals surface area contributed by atoms with Crippen molar-refractivity contribution in [3.63, 3.8) is 0 Å². The predicted molar refractivity (Wildman–Crippen MR) is 193 cm³/mol. The summed E-state index contributed by atoms with van der Waals surface area (Å²) in [6.07, 6.45) is 9.71. The van der Waals surface area contributed by atoms with Gasteiger partial charge in [0.1, 0.15) is 18.6 Å². The molecule has 0 N–H and O–H groups in total. The van der Waals surface area contributed by atoms with Gasteiger partial charge in [-0.2, -0.15) is 4.91 Å². The van der Waals surface area contributed by atoms with E-state index in [4.69, 9.17) is 9.64 Å². The Balaban J connectivity index is 0.00000268. The van der Waals surface area contributed by atoms with Crippen LogP contribution in [0.5, 0.6) is 5.75 Å². The first kappa shape index (κ1) is 41.9. The summed E-state index contributed by atoms with van der Waals surface area (Å²) in [4.78, 5) is 48.2. The van der Waals surface area contributed by atoms with Gasteiger partial charge in [-0.3, -0.25) is 9.59 Å². The van der Waals surface area contributed by atoms with Crippen molar-refractivity contribution < 1.29 is 19.1 Å². The second-order valence-corrected chi connectivity index (χ2v) is 11.1. The molecular formula is C38H57N3O5. The Hall–Kier alpha value is -4.07. The summed E-state index contributed by atoms with van der Waals surface area (Å²) in [6, 6.07) is 13.1. The first-order valence-electron chi connectivity index (χ1n) is 16.6. The van der Waals surface area contributed by atoms with Crippen LogP contribution >= 0.6 is 0 Å². The molecule has 0 aliphatic heterocycles. The molecule has 0 unspecified atom stereocenters. The number of rotatable bonds is 15. The lowest BCUT2D eigenvalue weighted by Crippen LogP contribution is -2.36. The lowest BCUT2D eigenvalue weighted by atomic mass is 10.0. The molecule has 1 amide bonds. The number of amides is 1. The van der Waals surface area contributed by atoms with Gasteiger partial charge in [0.25, 0.3) is 0 Å². The number of unbranched alkanes of at least 4 members (excludes halogenated alkanes) is 1. The molecule has 0 saturated carbocycles. The fraction of sp³-hybridized carbons (Fsp3) is 0.500. The SMILES string of the molecule is CC.CC.CN=O.COc1ccc2c(C(=O)c3ccc(/C=C/CCC=O)cc3)cn(CC(=O)N(CCC(C)C)CCC(C)C)c2c1. The van der Waals surface area contributed by atoms with Crippen molar-refractivity contribution in [1.29, 1.82) is 0 Å². The van der Waals surface area contributed by atoms with Gasteiger partial charge in [0.05, 0.1) is 19.7 Å². The summed E-state index contributed by atoms with van der Waals surface area (Å²) in [6.45, 7) is 18.3. The molecular weight excluding hydrogens is 578 g/mol. The monoisotopic (exact) mass is 635 g/mol. The molecule has 0 saturated heterocycles. The van der Waals surface area contributed by atoms with Gasteiger partial charge in [-0.1, -0.05) is 97.0 Å². The number of allylic oxidation sites excluding steroid dienone is 1. The van der Waals surface area contributed by atoms with E-state index in [1.165, 1.54) is 7.05 Å². The number of hydrogen-bond donors (Lipinski definition) is 0. The molecule has 254 valence electrons. The number of ether oxygens (including phenoxy) is 1. The van der Waals surface area contributed by atoms with Crippen molar-refractivity contribution in [2.75, 3.05) is 27.2 Å². The Morgan fingerprint density at radius 1 is 0.913 bits per heavy atom. The van der Waals surface area contributed by atoms with Gasteiger partial charge in [-0.05, 0) is 48.8 Å². The third-order valence-corrected chi connectivity index (χ3v) is 6.88. The number of carbonyl (C=O) groups is 3. The molecule has 46 heavy (non-hydrogen) atoms. The van der Waals surface area contributed by atoms with E-state index < -0.39 is 0 Å². The van der Waals surface area contributed by atoms with Crippen molar-refractivity contribution in [2.45, 2.75) is 87.6 Å². The van der Waals surface area contributed by atoms with Gasteiger partial charge in [0.2, 0.25) is 5.91 Å². The molecule has 0 spiro atoms. The van der Waals surface area contributed by atoms with Gasteiger partial charge in [0, 0.05) is 48.3 Å². The fourth-order valence-corrected chi connectivity index (χ4v) is 4.43. The van der Waals surface area contributed by atoms with Gasteiger partial charge >= 0.3 is 0 Å². The first-order chi connectivity index (χ1) is 22.1. The molecule has 3 rings (SSSR count). The number of fused-ring (bicyclic) bond motifs is 1. The minimum Gasteiger partial charge on any atom is -0.497 e. The Kier molecular flexibility index (Phi) is 22.1. The van der Waals surface area contributed by atoms with E-state index in [0.29, 0.717) is 41.6 Å². The van der Waals surface area contributed by atoms with Crippen LogP contribution in [0.1, 0.15) is 103 Å². The van der Waals surface area contributed by atoms with Crippen molar-refractivity contribution in [1.82, 2.24) is 9.47 Å². The number of carbonyl (C=O) groups excluding carboxylic acids is 3. The summed E-state index contributed by atoms with van der Waals surface area (Å²) in [5.74, 6) is 1.66. The van der Waals surface area contributed by atoms with Crippen LogP contribution < -0.4 is 4.74 Å². The van der Waals surface area contributed by atoms with Crippen molar-refractivity contribution in [3.05, 3.63) is 76.3 Å².